The van der Waals surface area contributed by atoms with Gasteiger partial charge in [0.25, 0.3) is 5.91 Å². The monoisotopic (exact) mass is 516 g/mol. The molecule has 0 fully saturated rings. The molecule has 190 valence electrons. The van der Waals surface area contributed by atoms with E-state index in [0.717, 1.165) is 22.5 Å². The van der Waals surface area contributed by atoms with E-state index in [1.54, 1.807) is 30.3 Å². The van der Waals surface area contributed by atoms with Gasteiger partial charge in [-0.2, -0.15) is 0 Å². The number of esters is 1. The van der Waals surface area contributed by atoms with Gasteiger partial charge in [-0.05, 0) is 29.3 Å². The highest BCUT2D eigenvalue weighted by Crippen LogP contribution is 2.46. The zero-order valence-corrected chi connectivity index (χ0v) is 21.8. The fourth-order valence-electron chi connectivity index (χ4n) is 4.65. The maximum Gasteiger partial charge on any atom is 0.308 e. The molecule has 0 bridgehead atoms. The van der Waals surface area contributed by atoms with Gasteiger partial charge in [-0.1, -0.05) is 86.1 Å². The van der Waals surface area contributed by atoms with E-state index in [9.17, 15) is 14.4 Å². The molecule has 6 nitrogen and oxygen atoms in total. The summed E-state index contributed by atoms with van der Waals surface area (Å²) in [6, 6.07) is 23.2. The van der Waals surface area contributed by atoms with Gasteiger partial charge in [0.1, 0.15) is 0 Å². The maximum absolute atomic E-state index is 12.9. The van der Waals surface area contributed by atoms with Crippen molar-refractivity contribution in [3.05, 3.63) is 112 Å². The predicted octanol–water partition coefficient (Wildman–Crippen LogP) is 5.63. The second kappa shape index (κ2) is 11.0. The van der Waals surface area contributed by atoms with E-state index >= 15 is 0 Å². The molecule has 0 aliphatic carbocycles. The second-order valence-corrected chi connectivity index (χ2v) is 9.89. The molecule has 0 saturated carbocycles. The summed E-state index contributed by atoms with van der Waals surface area (Å²) in [7, 11) is 1.92. The van der Waals surface area contributed by atoms with Crippen molar-refractivity contribution in [2.24, 2.45) is 0 Å². The van der Waals surface area contributed by atoms with Gasteiger partial charge in [0, 0.05) is 29.9 Å². The molecule has 7 heteroatoms. The first-order valence-electron chi connectivity index (χ1n) is 12.0. The van der Waals surface area contributed by atoms with Gasteiger partial charge in [0.05, 0.1) is 23.0 Å². The molecular formula is C30H29ClN2O4. The number of halogens is 1. The Morgan fingerprint density at radius 1 is 0.973 bits per heavy atom. The van der Waals surface area contributed by atoms with Crippen LogP contribution in [0.1, 0.15) is 47.8 Å². The molecule has 1 aliphatic rings. The van der Waals surface area contributed by atoms with Crippen LogP contribution >= 0.6 is 11.6 Å². The minimum absolute atomic E-state index is 0.138. The number of amides is 1. The molecule has 37 heavy (non-hydrogen) atoms. The molecule has 1 N–H and O–H groups in total. The summed E-state index contributed by atoms with van der Waals surface area (Å²) in [5, 5.41) is 3.18. The number of hydrogen-bond acceptors (Lipinski definition) is 5. The van der Waals surface area contributed by atoms with E-state index in [1.807, 2.05) is 60.5 Å². The SMILES string of the molecule is CN1/C(=C/C(=O)COC(=O)CC(NC(=O)c2ccccc2Cl)c2ccccc2)C(C)(C)c2ccccc21. The van der Waals surface area contributed by atoms with E-state index in [1.165, 1.54) is 0 Å². The summed E-state index contributed by atoms with van der Waals surface area (Å²) < 4.78 is 5.33. The Bertz CT molecular complexity index is 1350. The summed E-state index contributed by atoms with van der Waals surface area (Å²) in [5.41, 5.74) is 3.71. The zero-order chi connectivity index (χ0) is 26.6. The quantitative estimate of drug-likeness (QED) is 0.310. The summed E-state index contributed by atoms with van der Waals surface area (Å²) in [6.07, 6.45) is 1.40. The fourth-order valence-corrected chi connectivity index (χ4v) is 4.87. The molecule has 0 spiro atoms. The number of carbonyl (C=O) groups is 3. The average Bonchev–Trinajstić information content (AvgIpc) is 3.08. The largest absolute Gasteiger partial charge is 0.457 e. The van der Waals surface area contributed by atoms with Gasteiger partial charge in [-0.15, -0.1) is 0 Å². The van der Waals surface area contributed by atoms with Crippen LogP contribution in [0.4, 0.5) is 5.69 Å². The van der Waals surface area contributed by atoms with Gasteiger partial charge in [0.2, 0.25) is 0 Å². The van der Waals surface area contributed by atoms with E-state index in [4.69, 9.17) is 16.3 Å². The predicted molar refractivity (Wildman–Crippen MR) is 145 cm³/mol. The van der Waals surface area contributed by atoms with Crippen LogP contribution in [0.5, 0.6) is 0 Å². The Morgan fingerprint density at radius 3 is 2.32 bits per heavy atom. The molecular weight excluding hydrogens is 488 g/mol. The first-order valence-corrected chi connectivity index (χ1v) is 12.4. The van der Waals surface area contributed by atoms with Crippen LogP contribution in [0.3, 0.4) is 0 Å². The van der Waals surface area contributed by atoms with Gasteiger partial charge in [-0.25, -0.2) is 0 Å². The molecule has 1 unspecified atom stereocenters. The molecule has 4 rings (SSSR count). The van der Waals surface area contributed by atoms with Crippen molar-refractivity contribution < 1.29 is 19.1 Å². The van der Waals surface area contributed by atoms with Crippen LogP contribution in [0.25, 0.3) is 0 Å². The number of rotatable bonds is 8. The maximum atomic E-state index is 12.9. The number of allylic oxidation sites excluding steroid dienone is 1. The topological polar surface area (TPSA) is 75.7 Å². The van der Waals surface area contributed by atoms with Gasteiger partial charge >= 0.3 is 5.97 Å². The average molecular weight is 517 g/mol. The number of ether oxygens (including phenoxy) is 1. The van der Waals surface area contributed by atoms with Gasteiger partial charge in [0.15, 0.2) is 12.4 Å². The highest BCUT2D eigenvalue weighted by Gasteiger charge is 2.38. The van der Waals surface area contributed by atoms with Crippen molar-refractivity contribution in [1.82, 2.24) is 5.32 Å². The third kappa shape index (κ3) is 5.75. The third-order valence-electron chi connectivity index (χ3n) is 6.61. The van der Waals surface area contributed by atoms with Crippen molar-refractivity contribution in [1.29, 1.82) is 0 Å². The van der Waals surface area contributed by atoms with Crippen molar-refractivity contribution >= 4 is 34.9 Å². The summed E-state index contributed by atoms with van der Waals surface area (Å²) in [5.74, 6) is -1.31. The highest BCUT2D eigenvalue weighted by atomic mass is 35.5. The Balaban J connectivity index is 1.42. The number of hydrogen-bond donors (Lipinski definition) is 1. The standard InChI is InChI=1S/C30H29ClN2O4/c1-30(2)23-14-8-10-16-26(23)33(3)27(30)17-21(34)19-37-28(35)18-25(20-11-5-4-6-12-20)32-29(36)22-13-7-9-15-24(22)31/h4-17,25H,18-19H2,1-3H3,(H,32,36)/b27-17+. The number of likely N-dealkylation sites (N-methyl/N-ethyl adjacent to an activating group) is 1. The number of benzene rings is 3. The fraction of sp³-hybridized carbons (Fsp3) is 0.233. The Kier molecular flexibility index (Phi) is 7.79. The number of fused-ring (bicyclic) bond motifs is 1. The van der Waals surface area contributed by atoms with Crippen LogP contribution in [0.2, 0.25) is 5.02 Å². The Hall–Kier alpha value is -3.90. The molecule has 0 aromatic heterocycles. The van der Waals surface area contributed by atoms with Crippen molar-refractivity contribution in [3.63, 3.8) is 0 Å². The lowest BCUT2D eigenvalue weighted by Gasteiger charge is -2.24. The molecule has 1 amide bonds. The number of carbonyl (C=O) groups excluding carboxylic acids is 3. The first-order chi connectivity index (χ1) is 17.7. The van der Waals surface area contributed by atoms with Crippen LogP contribution in [-0.4, -0.2) is 31.3 Å². The second-order valence-electron chi connectivity index (χ2n) is 9.48. The van der Waals surface area contributed by atoms with E-state index < -0.39 is 17.9 Å². The minimum Gasteiger partial charge on any atom is -0.457 e. The van der Waals surface area contributed by atoms with E-state index in [2.05, 4.69) is 25.2 Å². The minimum atomic E-state index is -0.652. The third-order valence-corrected chi connectivity index (χ3v) is 6.94. The van der Waals surface area contributed by atoms with Crippen molar-refractivity contribution in [2.75, 3.05) is 18.6 Å². The lowest BCUT2D eigenvalue weighted by molar-refractivity contribution is -0.147. The van der Waals surface area contributed by atoms with Crippen LogP contribution < -0.4 is 10.2 Å². The number of anilines is 1. The van der Waals surface area contributed by atoms with Gasteiger partial charge in [-0.3, -0.25) is 14.4 Å². The molecule has 1 atom stereocenters. The van der Waals surface area contributed by atoms with Crippen LogP contribution in [-0.2, 0) is 19.7 Å². The van der Waals surface area contributed by atoms with Crippen LogP contribution in [0, 0.1) is 0 Å². The van der Waals surface area contributed by atoms with E-state index in [-0.39, 0.29) is 24.2 Å². The van der Waals surface area contributed by atoms with Crippen molar-refractivity contribution in [2.45, 2.75) is 31.7 Å². The molecule has 3 aromatic rings. The molecule has 0 saturated heterocycles. The van der Waals surface area contributed by atoms with Gasteiger partial charge < -0.3 is 15.0 Å². The number of ketones is 1. The van der Waals surface area contributed by atoms with Crippen molar-refractivity contribution in [3.8, 4) is 0 Å². The Labute approximate surface area is 221 Å². The normalized spacial score (nSPS) is 15.7. The summed E-state index contributed by atoms with van der Waals surface area (Å²) in [6.45, 7) is 3.74. The summed E-state index contributed by atoms with van der Waals surface area (Å²) in [4.78, 5) is 40.4. The highest BCUT2D eigenvalue weighted by molar-refractivity contribution is 6.33. The lowest BCUT2D eigenvalue weighted by atomic mass is 9.83. The number of nitrogens with zero attached hydrogens (tertiary/aromatic N) is 1. The first kappa shape index (κ1) is 26.2. The molecule has 0 radical (unpaired) electrons. The smallest absolute Gasteiger partial charge is 0.308 e. The lowest BCUT2D eigenvalue weighted by Crippen LogP contribution is -2.31. The number of para-hydroxylation sites is 1. The van der Waals surface area contributed by atoms with E-state index in [0.29, 0.717) is 10.6 Å². The van der Waals surface area contributed by atoms with Crippen LogP contribution in [0.15, 0.2) is 90.6 Å². The Morgan fingerprint density at radius 2 is 1.62 bits per heavy atom. The molecule has 1 heterocycles. The summed E-state index contributed by atoms with van der Waals surface area (Å²) >= 11 is 6.17. The zero-order valence-electron chi connectivity index (χ0n) is 21.0. The number of nitrogens with one attached hydrogen (secondary N) is 1. The molecule has 3 aromatic carbocycles. The molecule has 1 aliphatic heterocycles.